The molecule has 0 aliphatic carbocycles. The first kappa shape index (κ1) is 15.2. The molecule has 1 aromatic heterocycles. The van der Waals surface area contributed by atoms with Gasteiger partial charge in [-0.1, -0.05) is 11.8 Å². The van der Waals surface area contributed by atoms with Gasteiger partial charge in [-0.2, -0.15) is 0 Å². The third kappa shape index (κ3) is 5.54. The largest absolute Gasteiger partial charge is 0.456 e. The number of hydrogen-bond acceptors (Lipinski definition) is 4. The van der Waals surface area contributed by atoms with Crippen LogP contribution < -0.4 is 0 Å². The molecular weight excluding hydrogens is 242 g/mol. The summed E-state index contributed by atoms with van der Waals surface area (Å²) in [4.78, 5) is 16.0. The number of rotatable bonds is 3. The molecule has 1 N–H and O–H groups in total. The minimum absolute atomic E-state index is 0.112. The molecule has 0 fully saturated rings. The van der Waals surface area contributed by atoms with Gasteiger partial charge in [-0.05, 0) is 33.3 Å². The number of carbonyl (C=O) groups excluding carboxylic acids is 1. The molecular formula is C15H19NO3. The van der Waals surface area contributed by atoms with E-state index in [0.29, 0.717) is 24.0 Å². The van der Waals surface area contributed by atoms with Gasteiger partial charge in [0.25, 0.3) is 0 Å². The molecule has 0 unspecified atom stereocenters. The lowest BCUT2D eigenvalue weighted by molar-refractivity contribution is 0.00691. The first-order chi connectivity index (χ1) is 8.94. The van der Waals surface area contributed by atoms with Crippen molar-refractivity contribution >= 4 is 5.97 Å². The number of aromatic nitrogens is 1. The molecule has 4 heteroatoms. The lowest BCUT2D eigenvalue weighted by atomic mass is 10.1. The van der Waals surface area contributed by atoms with Gasteiger partial charge in [0, 0.05) is 25.4 Å². The Morgan fingerprint density at radius 3 is 2.84 bits per heavy atom. The number of carbonyl (C=O) groups is 1. The van der Waals surface area contributed by atoms with Gasteiger partial charge < -0.3 is 9.84 Å². The smallest absolute Gasteiger partial charge is 0.340 e. The van der Waals surface area contributed by atoms with Gasteiger partial charge in [0.2, 0.25) is 0 Å². The Morgan fingerprint density at radius 1 is 1.47 bits per heavy atom. The Labute approximate surface area is 113 Å². The molecule has 0 atom stereocenters. The second-order valence-electron chi connectivity index (χ2n) is 5.05. The zero-order chi connectivity index (χ0) is 14.3. The van der Waals surface area contributed by atoms with E-state index in [9.17, 15) is 4.79 Å². The van der Waals surface area contributed by atoms with Crippen molar-refractivity contribution in [1.29, 1.82) is 0 Å². The first-order valence-electron chi connectivity index (χ1n) is 6.21. The summed E-state index contributed by atoms with van der Waals surface area (Å²) in [5.74, 6) is 5.39. The molecule has 1 aromatic rings. The fourth-order valence-electron chi connectivity index (χ4n) is 1.33. The Hall–Kier alpha value is -1.86. The highest BCUT2D eigenvalue weighted by molar-refractivity contribution is 5.92. The molecule has 4 nitrogen and oxygen atoms in total. The fraction of sp³-hybridized carbons (Fsp3) is 0.467. The maximum atomic E-state index is 12.0. The van der Waals surface area contributed by atoms with Gasteiger partial charge >= 0.3 is 5.97 Å². The van der Waals surface area contributed by atoms with Gasteiger partial charge in [-0.25, -0.2) is 4.79 Å². The van der Waals surface area contributed by atoms with Crippen LogP contribution in [0.15, 0.2) is 18.5 Å². The molecule has 0 radical (unpaired) electrons. The van der Waals surface area contributed by atoms with Crippen LogP contribution in [0.1, 0.15) is 49.5 Å². The molecule has 0 saturated carbocycles. The number of aliphatic hydroxyl groups is 1. The molecule has 0 aromatic carbocycles. The van der Waals surface area contributed by atoms with Crippen LogP contribution in [0.25, 0.3) is 0 Å². The predicted molar refractivity (Wildman–Crippen MR) is 72.6 cm³/mol. The van der Waals surface area contributed by atoms with Crippen LogP contribution in [0, 0.1) is 11.8 Å². The number of aliphatic hydroxyl groups excluding tert-OH is 1. The van der Waals surface area contributed by atoms with Crippen LogP contribution >= 0.6 is 0 Å². The highest BCUT2D eigenvalue weighted by Gasteiger charge is 2.19. The average molecular weight is 261 g/mol. The van der Waals surface area contributed by atoms with Crippen molar-refractivity contribution in [3.63, 3.8) is 0 Å². The standard InChI is InChI=1S/C15H19NO3/c1-15(2,3)19-14(18)13-8-9-16-11-12(13)7-5-4-6-10-17/h8-9,11,17H,4,6,10H2,1-3H3. The van der Waals surface area contributed by atoms with E-state index >= 15 is 0 Å². The van der Waals surface area contributed by atoms with E-state index in [0.717, 1.165) is 0 Å². The Balaban J connectivity index is 2.88. The lowest BCUT2D eigenvalue weighted by Crippen LogP contribution is -2.24. The van der Waals surface area contributed by atoms with Crippen LogP contribution in [-0.2, 0) is 4.74 Å². The quantitative estimate of drug-likeness (QED) is 0.514. The van der Waals surface area contributed by atoms with E-state index < -0.39 is 11.6 Å². The number of ether oxygens (including phenoxy) is 1. The van der Waals surface area contributed by atoms with E-state index in [1.807, 2.05) is 20.8 Å². The number of pyridine rings is 1. The van der Waals surface area contributed by atoms with Crippen molar-refractivity contribution in [2.45, 2.75) is 39.2 Å². The minimum Gasteiger partial charge on any atom is -0.456 e. The van der Waals surface area contributed by atoms with Crippen LogP contribution in [0.5, 0.6) is 0 Å². The molecule has 19 heavy (non-hydrogen) atoms. The summed E-state index contributed by atoms with van der Waals surface area (Å²) >= 11 is 0. The number of nitrogens with zero attached hydrogens (tertiary/aromatic N) is 1. The van der Waals surface area contributed by atoms with Gasteiger partial charge in [0.15, 0.2) is 0 Å². The topological polar surface area (TPSA) is 59.4 Å². The first-order valence-corrected chi connectivity index (χ1v) is 6.21. The Morgan fingerprint density at radius 2 is 2.21 bits per heavy atom. The van der Waals surface area contributed by atoms with Crippen molar-refractivity contribution in [1.82, 2.24) is 4.98 Å². The van der Waals surface area contributed by atoms with Crippen LogP contribution in [0.3, 0.4) is 0 Å². The van der Waals surface area contributed by atoms with Crippen LogP contribution in [0.2, 0.25) is 0 Å². The Kier molecular flexibility index (Phi) is 5.53. The van der Waals surface area contributed by atoms with Crippen LogP contribution in [-0.4, -0.2) is 28.3 Å². The average Bonchev–Trinajstić information content (AvgIpc) is 2.33. The van der Waals surface area contributed by atoms with Crippen molar-refractivity contribution in [2.24, 2.45) is 0 Å². The van der Waals surface area contributed by atoms with Crippen LogP contribution in [0.4, 0.5) is 0 Å². The lowest BCUT2D eigenvalue weighted by Gasteiger charge is -2.19. The summed E-state index contributed by atoms with van der Waals surface area (Å²) in [6.07, 6.45) is 4.29. The van der Waals surface area contributed by atoms with E-state index in [2.05, 4.69) is 16.8 Å². The highest BCUT2D eigenvalue weighted by Crippen LogP contribution is 2.14. The zero-order valence-corrected chi connectivity index (χ0v) is 11.6. The maximum absolute atomic E-state index is 12.0. The van der Waals surface area contributed by atoms with Gasteiger partial charge in [-0.3, -0.25) is 4.98 Å². The van der Waals surface area contributed by atoms with Gasteiger partial charge in [-0.15, -0.1) is 0 Å². The number of unbranched alkanes of at least 4 members (excludes halogenated alkanes) is 1. The second-order valence-corrected chi connectivity index (χ2v) is 5.05. The third-order valence-electron chi connectivity index (χ3n) is 2.12. The van der Waals surface area contributed by atoms with Crippen molar-refractivity contribution < 1.29 is 14.6 Å². The highest BCUT2D eigenvalue weighted by atomic mass is 16.6. The van der Waals surface area contributed by atoms with Gasteiger partial charge in [0.1, 0.15) is 5.60 Å². The number of esters is 1. The van der Waals surface area contributed by atoms with E-state index in [1.165, 1.54) is 6.20 Å². The fourth-order valence-corrected chi connectivity index (χ4v) is 1.33. The second kappa shape index (κ2) is 6.91. The molecule has 0 aliphatic rings. The SMILES string of the molecule is CC(C)(C)OC(=O)c1ccncc1C#CCCCO. The Bertz CT molecular complexity index is 492. The summed E-state index contributed by atoms with van der Waals surface area (Å²) in [5, 5.41) is 8.68. The summed E-state index contributed by atoms with van der Waals surface area (Å²) < 4.78 is 5.32. The molecule has 0 amide bonds. The van der Waals surface area contributed by atoms with E-state index in [-0.39, 0.29) is 6.61 Å². The molecule has 0 spiro atoms. The zero-order valence-electron chi connectivity index (χ0n) is 11.6. The molecule has 102 valence electrons. The van der Waals surface area contributed by atoms with Crippen molar-refractivity contribution in [3.05, 3.63) is 29.6 Å². The van der Waals surface area contributed by atoms with E-state index in [1.54, 1.807) is 12.3 Å². The van der Waals surface area contributed by atoms with E-state index in [4.69, 9.17) is 9.84 Å². The predicted octanol–water partition coefficient (Wildman–Crippen LogP) is 2.16. The number of hydrogen-bond donors (Lipinski definition) is 1. The normalized spacial score (nSPS) is 10.5. The maximum Gasteiger partial charge on any atom is 0.340 e. The molecule has 0 bridgehead atoms. The summed E-state index contributed by atoms with van der Waals surface area (Å²) in [5.41, 5.74) is 0.429. The van der Waals surface area contributed by atoms with Crippen molar-refractivity contribution in [3.8, 4) is 11.8 Å². The monoisotopic (exact) mass is 261 g/mol. The molecule has 0 saturated heterocycles. The summed E-state index contributed by atoms with van der Waals surface area (Å²) in [7, 11) is 0. The summed E-state index contributed by atoms with van der Waals surface area (Å²) in [6.45, 7) is 5.57. The summed E-state index contributed by atoms with van der Waals surface area (Å²) in [6, 6.07) is 1.60. The van der Waals surface area contributed by atoms with Gasteiger partial charge in [0.05, 0.1) is 11.1 Å². The minimum atomic E-state index is -0.540. The molecule has 1 rings (SSSR count). The van der Waals surface area contributed by atoms with Crippen molar-refractivity contribution in [2.75, 3.05) is 6.61 Å². The third-order valence-corrected chi connectivity index (χ3v) is 2.12. The molecule has 1 heterocycles. The molecule has 0 aliphatic heterocycles.